The van der Waals surface area contributed by atoms with Crippen molar-refractivity contribution in [2.24, 2.45) is 0 Å². The van der Waals surface area contributed by atoms with Gasteiger partial charge in [0.25, 0.3) is 5.91 Å². The molecule has 0 radical (unpaired) electrons. The topological polar surface area (TPSA) is 119 Å². The minimum Gasteiger partial charge on any atom is -0.493 e. The summed E-state index contributed by atoms with van der Waals surface area (Å²) >= 11 is 0. The van der Waals surface area contributed by atoms with Gasteiger partial charge in [-0.15, -0.1) is 0 Å². The highest BCUT2D eigenvalue weighted by molar-refractivity contribution is 5.95. The van der Waals surface area contributed by atoms with Crippen molar-refractivity contribution in [2.45, 2.75) is 81.2 Å². The zero-order chi connectivity index (χ0) is 34.3. The lowest BCUT2D eigenvalue weighted by Crippen LogP contribution is -2.52. The number of aliphatic hydroxyl groups is 1. The van der Waals surface area contributed by atoms with E-state index in [4.69, 9.17) is 14.2 Å². The number of hydrogen-bond acceptors (Lipinski definition) is 7. The minimum atomic E-state index is -5.33. The third-order valence-electron chi connectivity index (χ3n) is 9.27. The SMILES string of the molecule is COc1cc(C(=O)NC[C@](O)(c2cc3c(c(-c4ccc(F)cc4)n2)OC[C@]3(C)C(=O)NC2CCCCC2)C(F)(F)F)ccc1OC1CC1. The molecule has 2 saturated carbocycles. The highest BCUT2D eigenvalue weighted by Crippen LogP contribution is 2.48. The number of rotatable bonds is 10. The van der Waals surface area contributed by atoms with Crippen LogP contribution < -0.4 is 24.8 Å². The maximum atomic E-state index is 14.9. The average molecular weight is 672 g/mol. The van der Waals surface area contributed by atoms with Gasteiger partial charge < -0.3 is 30.0 Å². The largest absolute Gasteiger partial charge is 0.493 e. The number of aromatic nitrogens is 1. The molecule has 0 unspecified atom stereocenters. The predicted octanol–water partition coefficient (Wildman–Crippen LogP) is 5.72. The lowest BCUT2D eigenvalue weighted by molar-refractivity contribution is -0.265. The average Bonchev–Trinajstić information content (AvgIpc) is 3.83. The molecule has 3 N–H and O–H groups in total. The molecule has 2 heterocycles. The van der Waals surface area contributed by atoms with E-state index >= 15 is 0 Å². The number of nitrogens with one attached hydrogen (secondary N) is 2. The second-order valence-electron chi connectivity index (χ2n) is 12.9. The standard InChI is InChI=1S/C35H37F4N3O6/c1-33(32(44)41-23-6-4-3-5-7-23)19-47-30-25(33)17-28(42-29(30)20-8-11-22(36)12-9-20)34(45,35(37,38)39)18-40-31(43)21-10-15-26(27(16-21)46-2)48-24-13-14-24/h8-12,15-17,23-24,45H,3-7,13-14,18-19H2,1-2H3,(H,40,43)(H,41,44)/t33-,34-/m0/s1. The molecule has 2 fully saturated rings. The Morgan fingerprint density at radius 1 is 1.02 bits per heavy atom. The Balaban J connectivity index is 1.36. The van der Waals surface area contributed by atoms with E-state index in [1.165, 1.54) is 37.4 Å². The van der Waals surface area contributed by atoms with Crippen LogP contribution in [0.5, 0.6) is 17.2 Å². The first-order chi connectivity index (χ1) is 22.8. The number of halogens is 4. The van der Waals surface area contributed by atoms with E-state index in [-0.39, 0.29) is 52.6 Å². The number of hydrogen-bond donors (Lipinski definition) is 3. The molecule has 9 nitrogen and oxygen atoms in total. The van der Waals surface area contributed by atoms with Gasteiger partial charge in [-0.3, -0.25) is 9.59 Å². The van der Waals surface area contributed by atoms with Gasteiger partial charge in [0.2, 0.25) is 11.5 Å². The van der Waals surface area contributed by atoms with Gasteiger partial charge >= 0.3 is 6.18 Å². The van der Waals surface area contributed by atoms with Crippen molar-refractivity contribution < 1.29 is 46.5 Å². The van der Waals surface area contributed by atoms with E-state index < -0.39 is 47.1 Å². The van der Waals surface area contributed by atoms with Crippen molar-refractivity contribution in [3.05, 3.63) is 71.2 Å². The van der Waals surface area contributed by atoms with Crippen molar-refractivity contribution in [1.29, 1.82) is 0 Å². The summed E-state index contributed by atoms with van der Waals surface area (Å²) < 4.78 is 75.6. The van der Waals surface area contributed by atoms with Crippen LogP contribution in [0.25, 0.3) is 11.3 Å². The number of pyridine rings is 1. The molecule has 0 saturated heterocycles. The fourth-order valence-electron chi connectivity index (χ4n) is 6.10. The van der Waals surface area contributed by atoms with Crippen LogP contribution in [-0.4, -0.2) is 60.5 Å². The van der Waals surface area contributed by atoms with Crippen molar-refractivity contribution >= 4 is 11.8 Å². The Morgan fingerprint density at radius 3 is 2.38 bits per heavy atom. The van der Waals surface area contributed by atoms with Gasteiger partial charge in [0, 0.05) is 22.7 Å². The smallest absolute Gasteiger partial charge is 0.424 e. The highest BCUT2D eigenvalue weighted by Gasteiger charge is 2.58. The van der Waals surface area contributed by atoms with E-state index in [1.54, 1.807) is 6.92 Å². The molecule has 13 heteroatoms. The van der Waals surface area contributed by atoms with E-state index in [1.807, 2.05) is 0 Å². The summed E-state index contributed by atoms with van der Waals surface area (Å²) in [4.78, 5) is 31.1. The molecule has 3 aromatic rings. The van der Waals surface area contributed by atoms with Crippen LogP contribution in [0.4, 0.5) is 17.6 Å². The molecular weight excluding hydrogens is 634 g/mol. The number of amides is 2. The third kappa shape index (κ3) is 6.52. The molecule has 2 aliphatic carbocycles. The first-order valence-electron chi connectivity index (χ1n) is 16.0. The van der Waals surface area contributed by atoms with Gasteiger partial charge in [-0.25, -0.2) is 9.37 Å². The van der Waals surface area contributed by atoms with Gasteiger partial charge in [-0.1, -0.05) is 19.3 Å². The fourth-order valence-corrected chi connectivity index (χ4v) is 6.10. The van der Waals surface area contributed by atoms with Crippen LogP contribution in [0.2, 0.25) is 0 Å². The predicted molar refractivity (Wildman–Crippen MR) is 166 cm³/mol. The quantitative estimate of drug-likeness (QED) is 0.236. The molecule has 256 valence electrons. The molecule has 0 bridgehead atoms. The van der Waals surface area contributed by atoms with E-state index in [0.29, 0.717) is 5.75 Å². The van der Waals surface area contributed by atoms with Gasteiger partial charge in [-0.2, -0.15) is 13.2 Å². The second kappa shape index (κ2) is 12.9. The normalized spacial score (nSPS) is 20.6. The Morgan fingerprint density at radius 2 is 1.73 bits per heavy atom. The van der Waals surface area contributed by atoms with Gasteiger partial charge in [0.05, 0.1) is 25.5 Å². The van der Waals surface area contributed by atoms with Crippen molar-refractivity contribution in [3.8, 4) is 28.5 Å². The highest BCUT2D eigenvalue weighted by atomic mass is 19.4. The number of carbonyl (C=O) groups excluding carboxylic acids is 2. The van der Waals surface area contributed by atoms with Crippen LogP contribution >= 0.6 is 0 Å². The summed E-state index contributed by atoms with van der Waals surface area (Å²) in [5.74, 6) is -1.23. The number of methoxy groups -OCH3 is 1. The molecule has 2 atom stereocenters. The lowest BCUT2D eigenvalue weighted by Gasteiger charge is -2.32. The number of ether oxygens (including phenoxy) is 3. The summed E-state index contributed by atoms with van der Waals surface area (Å²) in [5, 5.41) is 16.7. The molecule has 1 aliphatic heterocycles. The zero-order valence-corrected chi connectivity index (χ0v) is 26.6. The summed E-state index contributed by atoms with van der Waals surface area (Å²) in [7, 11) is 1.38. The van der Waals surface area contributed by atoms with Crippen LogP contribution in [0, 0.1) is 5.82 Å². The molecule has 1 aromatic heterocycles. The van der Waals surface area contributed by atoms with Gasteiger partial charge in [0.15, 0.2) is 11.5 Å². The van der Waals surface area contributed by atoms with E-state index in [9.17, 15) is 32.3 Å². The second-order valence-corrected chi connectivity index (χ2v) is 12.9. The van der Waals surface area contributed by atoms with Gasteiger partial charge in [-0.05, 0) is 81.1 Å². The number of carbonyl (C=O) groups is 2. The Labute approximate surface area is 275 Å². The van der Waals surface area contributed by atoms with Crippen LogP contribution in [0.15, 0.2) is 48.5 Å². The molecule has 3 aliphatic rings. The number of alkyl halides is 3. The Bertz CT molecular complexity index is 1690. The van der Waals surface area contributed by atoms with Crippen LogP contribution in [0.3, 0.4) is 0 Å². The first kappa shape index (κ1) is 33.5. The van der Waals surface area contributed by atoms with E-state index in [2.05, 4.69) is 15.6 Å². The summed E-state index contributed by atoms with van der Waals surface area (Å²) in [6.45, 7) is 0.0652. The first-order valence-corrected chi connectivity index (χ1v) is 16.0. The maximum absolute atomic E-state index is 14.9. The molecule has 0 spiro atoms. The molecule has 6 rings (SSSR count). The molecule has 48 heavy (non-hydrogen) atoms. The Hall–Kier alpha value is -4.39. The molecule has 2 amide bonds. The lowest BCUT2D eigenvalue weighted by atomic mass is 9.81. The van der Waals surface area contributed by atoms with Crippen LogP contribution in [0.1, 0.15) is 73.5 Å². The third-order valence-corrected chi connectivity index (χ3v) is 9.27. The van der Waals surface area contributed by atoms with E-state index in [0.717, 1.165) is 63.1 Å². The number of nitrogens with zero attached hydrogens (tertiary/aromatic N) is 1. The van der Waals surface area contributed by atoms with Gasteiger partial charge in [0.1, 0.15) is 29.3 Å². The number of benzene rings is 2. The van der Waals surface area contributed by atoms with Crippen molar-refractivity contribution in [3.63, 3.8) is 0 Å². The zero-order valence-electron chi connectivity index (χ0n) is 26.6. The number of fused-ring (bicyclic) bond motifs is 1. The van der Waals surface area contributed by atoms with Crippen molar-refractivity contribution in [1.82, 2.24) is 15.6 Å². The summed E-state index contributed by atoms with van der Waals surface area (Å²) in [6, 6.07) is 10.0. The van der Waals surface area contributed by atoms with Crippen molar-refractivity contribution in [2.75, 3.05) is 20.3 Å². The Kier molecular flexibility index (Phi) is 9.01. The molecule has 2 aromatic carbocycles. The van der Waals surface area contributed by atoms with Crippen LogP contribution in [-0.2, 0) is 15.8 Å². The monoisotopic (exact) mass is 671 g/mol. The minimum absolute atomic E-state index is 0.0196. The summed E-state index contributed by atoms with van der Waals surface area (Å²) in [5.41, 5.74) is -5.83. The molecular formula is C35H37F4N3O6. The maximum Gasteiger partial charge on any atom is 0.424 e. The fraction of sp³-hybridized carbons (Fsp3) is 0.457. The summed E-state index contributed by atoms with van der Waals surface area (Å²) in [6.07, 6.45) is 1.02.